The summed E-state index contributed by atoms with van der Waals surface area (Å²) in [7, 11) is 0. The molecule has 2 N–H and O–H groups in total. The van der Waals surface area contributed by atoms with Gasteiger partial charge in [0.15, 0.2) is 5.13 Å². The fourth-order valence-corrected chi connectivity index (χ4v) is 3.66. The van der Waals surface area contributed by atoms with Gasteiger partial charge in [-0.1, -0.05) is 18.2 Å². The maximum Gasteiger partial charge on any atom is 0.257 e. The summed E-state index contributed by atoms with van der Waals surface area (Å²) in [5.41, 5.74) is 4.20. The molecule has 0 saturated heterocycles. The number of aromatic amines is 1. The van der Waals surface area contributed by atoms with Gasteiger partial charge >= 0.3 is 0 Å². The lowest BCUT2D eigenvalue weighted by molar-refractivity contribution is 0.102. The number of H-pyrrole nitrogens is 1. The predicted molar refractivity (Wildman–Crippen MR) is 107 cm³/mol. The fourth-order valence-electron chi connectivity index (χ4n) is 2.95. The molecule has 0 atom stereocenters. The van der Waals surface area contributed by atoms with Crippen LogP contribution in [0.5, 0.6) is 0 Å². The zero-order valence-electron chi connectivity index (χ0n) is 14.4. The van der Waals surface area contributed by atoms with Gasteiger partial charge in [-0.15, -0.1) is 16.4 Å². The van der Waals surface area contributed by atoms with E-state index in [2.05, 4.69) is 30.8 Å². The van der Waals surface area contributed by atoms with Crippen molar-refractivity contribution >= 4 is 33.3 Å². The van der Waals surface area contributed by atoms with Gasteiger partial charge in [0.25, 0.3) is 5.91 Å². The molecule has 136 valence electrons. The highest BCUT2D eigenvalue weighted by Crippen LogP contribution is 2.31. The Balaban J connectivity index is 1.35. The van der Waals surface area contributed by atoms with Crippen LogP contribution in [0.15, 0.2) is 66.4 Å². The molecule has 5 aromatic rings. The van der Waals surface area contributed by atoms with Crippen LogP contribution >= 0.6 is 11.3 Å². The number of nitrogens with one attached hydrogen (secondary N) is 2. The molecule has 0 spiro atoms. The maximum absolute atomic E-state index is 12.5. The van der Waals surface area contributed by atoms with E-state index in [1.54, 1.807) is 24.3 Å². The summed E-state index contributed by atoms with van der Waals surface area (Å²) in [6.07, 6.45) is 3.43. The zero-order chi connectivity index (χ0) is 18.9. The molecule has 3 aromatic heterocycles. The summed E-state index contributed by atoms with van der Waals surface area (Å²) in [6, 6.07) is 15.1. The first-order valence-corrected chi connectivity index (χ1v) is 9.33. The standard InChI is InChI=1S/C19H13N7OS/c27-18(12-5-7-13(8-6-12)26-11-21-24-25-26)23-19-22-17(10-28-19)15-9-20-16-4-2-1-3-14(15)16/h1-11,20H,(H,22,23,27). The maximum atomic E-state index is 12.5. The van der Waals surface area contributed by atoms with E-state index in [0.29, 0.717) is 10.7 Å². The lowest BCUT2D eigenvalue weighted by Gasteiger charge is -2.03. The Labute approximate surface area is 162 Å². The van der Waals surface area contributed by atoms with Gasteiger partial charge in [-0.05, 0) is 40.8 Å². The van der Waals surface area contributed by atoms with Crippen LogP contribution in [0.2, 0.25) is 0 Å². The molecule has 2 aromatic carbocycles. The number of hydrogen-bond acceptors (Lipinski definition) is 6. The van der Waals surface area contributed by atoms with Crippen LogP contribution in [0.25, 0.3) is 27.8 Å². The average Bonchev–Trinajstić information content (AvgIpc) is 3.48. The van der Waals surface area contributed by atoms with Crippen molar-refractivity contribution in [1.82, 2.24) is 30.2 Å². The molecule has 3 heterocycles. The molecule has 0 saturated carbocycles. The van der Waals surface area contributed by atoms with Crippen molar-refractivity contribution in [3.63, 3.8) is 0 Å². The van der Waals surface area contributed by atoms with Crippen LogP contribution in [0.3, 0.4) is 0 Å². The number of fused-ring (bicyclic) bond motifs is 1. The van der Waals surface area contributed by atoms with Gasteiger partial charge in [0.1, 0.15) is 6.33 Å². The number of amides is 1. The quantitative estimate of drug-likeness (QED) is 0.491. The molecular formula is C19H13N7OS. The molecule has 1 amide bonds. The molecule has 28 heavy (non-hydrogen) atoms. The largest absolute Gasteiger partial charge is 0.360 e. The van der Waals surface area contributed by atoms with Gasteiger partial charge in [-0.3, -0.25) is 10.1 Å². The third-order valence-corrected chi connectivity index (χ3v) is 5.09. The summed E-state index contributed by atoms with van der Waals surface area (Å²) in [4.78, 5) is 20.3. The van der Waals surface area contributed by atoms with Crippen molar-refractivity contribution in [2.75, 3.05) is 5.32 Å². The number of carbonyl (C=O) groups excluding carboxylic acids is 1. The number of benzene rings is 2. The molecule has 0 unspecified atom stereocenters. The third-order valence-electron chi connectivity index (χ3n) is 4.33. The smallest absolute Gasteiger partial charge is 0.257 e. The van der Waals surface area contributed by atoms with Crippen molar-refractivity contribution in [3.05, 3.63) is 72.0 Å². The second kappa shape index (κ2) is 6.71. The number of aromatic nitrogens is 6. The van der Waals surface area contributed by atoms with Gasteiger partial charge in [0.05, 0.1) is 11.4 Å². The highest BCUT2D eigenvalue weighted by molar-refractivity contribution is 7.14. The molecule has 0 aliphatic rings. The lowest BCUT2D eigenvalue weighted by atomic mass is 10.1. The van der Waals surface area contributed by atoms with E-state index in [1.807, 2.05) is 35.8 Å². The van der Waals surface area contributed by atoms with Crippen molar-refractivity contribution < 1.29 is 4.79 Å². The number of anilines is 1. The molecule has 0 fully saturated rings. The Morgan fingerprint density at radius 1 is 1.11 bits per heavy atom. The minimum Gasteiger partial charge on any atom is -0.360 e. The van der Waals surface area contributed by atoms with E-state index in [1.165, 1.54) is 22.3 Å². The molecule has 0 radical (unpaired) electrons. The molecule has 0 aliphatic heterocycles. The third kappa shape index (κ3) is 2.93. The first kappa shape index (κ1) is 16.3. The van der Waals surface area contributed by atoms with Crippen molar-refractivity contribution in [3.8, 4) is 16.9 Å². The van der Waals surface area contributed by atoms with Crippen LogP contribution in [-0.4, -0.2) is 36.1 Å². The van der Waals surface area contributed by atoms with Crippen LogP contribution in [0.1, 0.15) is 10.4 Å². The van der Waals surface area contributed by atoms with E-state index >= 15 is 0 Å². The van der Waals surface area contributed by atoms with Crippen LogP contribution in [-0.2, 0) is 0 Å². The van der Waals surface area contributed by atoms with E-state index in [-0.39, 0.29) is 5.91 Å². The summed E-state index contributed by atoms with van der Waals surface area (Å²) in [5.74, 6) is -0.219. The SMILES string of the molecule is O=C(Nc1nc(-c2c[nH]c3ccccc23)cs1)c1ccc(-n2cnnn2)cc1. The van der Waals surface area contributed by atoms with Gasteiger partial charge < -0.3 is 4.98 Å². The summed E-state index contributed by atoms with van der Waals surface area (Å²) < 4.78 is 1.52. The molecule has 5 rings (SSSR count). The minimum absolute atomic E-state index is 0.219. The van der Waals surface area contributed by atoms with Crippen molar-refractivity contribution in [1.29, 1.82) is 0 Å². The Kier molecular flexibility index (Phi) is 3.91. The Morgan fingerprint density at radius 2 is 1.96 bits per heavy atom. The highest BCUT2D eigenvalue weighted by Gasteiger charge is 2.13. The van der Waals surface area contributed by atoms with E-state index in [9.17, 15) is 4.79 Å². The lowest BCUT2D eigenvalue weighted by Crippen LogP contribution is -2.11. The Bertz CT molecular complexity index is 1260. The first-order valence-electron chi connectivity index (χ1n) is 8.45. The zero-order valence-corrected chi connectivity index (χ0v) is 15.2. The molecule has 8 nitrogen and oxygen atoms in total. The topological polar surface area (TPSA) is 101 Å². The monoisotopic (exact) mass is 387 g/mol. The van der Waals surface area contributed by atoms with Crippen LogP contribution < -0.4 is 5.32 Å². The average molecular weight is 387 g/mol. The number of carbonyl (C=O) groups is 1. The summed E-state index contributed by atoms with van der Waals surface area (Å²) in [6.45, 7) is 0. The van der Waals surface area contributed by atoms with Crippen molar-refractivity contribution in [2.24, 2.45) is 0 Å². The number of rotatable bonds is 4. The van der Waals surface area contributed by atoms with E-state index in [0.717, 1.165) is 27.8 Å². The fraction of sp³-hybridized carbons (Fsp3) is 0. The van der Waals surface area contributed by atoms with E-state index in [4.69, 9.17) is 0 Å². The highest BCUT2D eigenvalue weighted by atomic mass is 32.1. The minimum atomic E-state index is -0.219. The number of para-hydroxylation sites is 1. The number of thiazole rings is 1. The van der Waals surface area contributed by atoms with Gasteiger partial charge in [0.2, 0.25) is 0 Å². The molecule has 0 bridgehead atoms. The summed E-state index contributed by atoms with van der Waals surface area (Å²) in [5, 5.41) is 17.5. The van der Waals surface area contributed by atoms with Crippen LogP contribution in [0, 0.1) is 0 Å². The normalized spacial score (nSPS) is 11.0. The number of tetrazole rings is 1. The van der Waals surface area contributed by atoms with Crippen LogP contribution in [0.4, 0.5) is 5.13 Å². The molecular weight excluding hydrogens is 374 g/mol. The van der Waals surface area contributed by atoms with Gasteiger partial charge in [-0.2, -0.15) is 0 Å². The first-order chi connectivity index (χ1) is 13.8. The Hall–Kier alpha value is -3.85. The van der Waals surface area contributed by atoms with E-state index < -0.39 is 0 Å². The predicted octanol–water partition coefficient (Wildman–Crippen LogP) is 3.52. The molecule has 0 aliphatic carbocycles. The van der Waals surface area contributed by atoms with Gasteiger partial charge in [-0.25, -0.2) is 9.67 Å². The summed E-state index contributed by atoms with van der Waals surface area (Å²) >= 11 is 1.39. The Morgan fingerprint density at radius 3 is 2.79 bits per heavy atom. The molecule has 9 heteroatoms. The number of nitrogens with zero attached hydrogens (tertiary/aromatic N) is 5. The second-order valence-electron chi connectivity index (χ2n) is 6.04. The van der Waals surface area contributed by atoms with Crippen molar-refractivity contribution in [2.45, 2.75) is 0 Å². The second-order valence-corrected chi connectivity index (χ2v) is 6.90. The van der Waals surface area contributed by atoms with Gasteiger partial charge in [0, 0.05) is 33.6 Å². The number of hydrogen-bond donors (Lipinski definition) is 2.